The van der Waals surface area contributed by atoms with Gasteiger partial charge in [0.1, 0.15) is 17.5 Å². The van der Waals surface area contributed by atoms with Crippen LogP contribution in [0.4, 0.5) is 5.69 Å². The van der Waals surface area contributed by atoms with Gasteiger partial charge in [0.05, 0.1) is 17.8 Å². The van der Waals surface area contributed by atoms with Gasteiger partial charge in [0, 0.05) is 24.9 Å². The fourth-order valence-corrected chi connectivity index (χ4v) is 4.63. The number of amides is 2. The number of hydrogen-bond acceptors (Lipinski definition) is 4. The molecule has 0 saturated heterocycles. The Bertz CT molecular complexity index is 1720. The van der Waals surface area contributed by atoms with E-state index in [1.54, 1.807) is 32.1 Å². The summed E-state index contributed by atoms with van der Waals surface area (Å²) < 4.78 is 3.93. The lowest BCUT2D eigenvalue weighted by atomic mass is 9.95. The molecule has 5 rings (SSSR count). The van der Waals surface area contributed by atoms with E-state index in [4.69, 9.17) is 11.6 Å². The van der Waals surface area contributed by atoms with Crippen molar-refractivity contribution >= 4 is 34.7 Å². The molecule has 2 amide bonds. The maximum absolute atomic E-state index is 13.2. The molecule has 3 heterocycles. The second-order valence-electron chi connectivity index (χ2n) is 8.62. The standard InChI is InChI=1S/C29H22N6O2/c1-5-34-28(36)22(18(2)23(17-30)29(34)37)15-26-32-27-25(35(26)21-9-7-6-8-10-21)16-24(33(27)4)19-11-13-20(31-3)14-12-19/h6-16H,5H2,1-2,4H3/b22-15-. The largest absolute Gasteiger partial charge is 0.327 e. The van der Waals surface area contributed by atoms with Crippen molar-refractivity contribution in [2.75, 3.05) is 6.54 Å². The predicted molar refractivity (Wildman–Crippen MR) is 140 cm³/mol. The number of carbonyl (C=O) groups is 2. The van der Waals surface area contributed by atoms with Gasteiger partial charge in [-0.1, -0.05) is 42.5 Å². The van der Waals surface area contributed by atoms with Gasteiger partial charge in [0.2, 0.25) is 0 Å². The minimum Gasteiger partial charge on any atom is -0.327 e. The minimum atomic E-state index is -0.574. The molecular formula is C29H22N6O2. The number of imide groups is 1. The third-order valence-corrected chi connectivity index (χ3v) is 6.59. The predicted octanol–water partition coefficient (Wildman–Crippen LogP) is 5.19. The monoisotopic (exact) mass is 486 g/mol. The van der Waals surface area contributed by atoms with Gasteiger partial charge in [-0.3, -0.25) is 19.1 Å². The summed E-state index contributed by atoms with van der Waals surface area (Å²) in [6.07, 6.45) is 1.65. The van der Waals surface area contributed by atoms with E-state index in [9.17, 15) is 14.9 Å². The normalized spacial score (nSPS) is 14.9. The number of aromatic nitrogens is 3. The van der Waals surface area contributed by atoms with Crippen LogP contribution in [-0.2, 0) is 16.6 Å². The number of hydrogen-bond donors (Lipinski definition) is 0. The summed E-state index contributed by atoms with van der Waals surface area (Å²) >= 11 is 0. The van der Waals surface area contributed by atoms with Gasteiger partial charge in [-0.05, 0) is 49.3 Å². The molecule has 0 bridgehead atoms. The Morgan fingerprint density at radius 1 is 1.08 bits per heavy atom. The number of para-hydroxylation sites is 1. The van der Waals surface area contributed by atoms with E-state index in [-0.39, 0.29) is 17.7 Å². The number of fused-ring (bicyclic) bond motifs is 1. The first-order chi connectivity index (χ1) is 17.9. The van der Waals surface area contributed by atoms with Gasteiger partial charge >= 0.3 is 0 Å². The number of nitrogens with zero attached hydrogens (tertiary/aromatic N) is 6. The summed E-state index contributed by atoms with van der Waals surface area (Å²) in [6.45, 7) is 10.7. The number of aryl methyl sites for hydroxylation is 1. The van der Waals surface area contributed by atoms with Crippen LogP contribution in [0.25, 0.3) is 39.0 Å². The van der Waals surface area contributed by atoms with E-state index in [2.05, 4.69) is 4.85 Å². The zero-order chi connectivity index (χ0) is 26.3. The highest BCUT2D eigenvalue weighted by atomic mass is 16.2. The topological polar surface area (TPSA) is 88.3 Å². The van der Waals surface area contributed by atoms with Gasteiger partial charge in [0.25, 0.3) is 11.8 Å². The molecule has 2 aromatic heterocycles. The molecule has 0 atom stereocenters. The Kier molecular flexibility index (Phi) is 5.79. The van der Waals surface area contributed by atoms with Gasteiger partial charge < -0.3 is 4.57 Å². The Labute approximate surface area is 213 Å². The Morgan fingerprint density at radius 2 is 1.78 bits per heavy atom. The van der Waals surface area contributed by atoms with E-state index < -0.39 is 11.8 Å². The van der Waals surface area contributed by atoms with E-state index in [1.807, 2.05) is 70.8 Å². The number of likely N-dealkylation sites (N-methyl/N-ethyl adjacent to an activating group) is 1. The summed E-state index contributed by atoms with van der Waals surface area (Å²) in [7, 11) is 1.92. The minimum absolute atomic E-state index is 0.0415. The molecule has 0 radical (unpaired) electrons. The van der Waals surface area contributed by atoms with Crippen LogP contribution >= 0.6 is 0 Å². The lowest BCUT2D eigenvalue weighted by molar-refractivity contribution is -0.140. The highest BCUT2D eigenvalue weighted by molar-refractivity contribution is 6.19. The summed E-state index contributed by atoms with van der Waals surface area (Å²) in [5.74, 6) is -0.515. The van der Waals surface area contributed by atoms with Crippen LogP contribution in [0.3, 0.4) is 0 Å². The third kappa shape index (κ3) is 3.72. The van der Waals surface area contributed by atoms with Gasteiger partial charge in [-0.2, -0.15) is 5.26 Å². The van der Waals surface area contributed by atoms with Crippen LogP contribution in [-0.4, -0.2) is 37.4 Å². The quantitative estimate of drug-likeness (QED) is 0.226. The van der Waals surface area contributed by atoms with Crippen molar-refractivity contribution in [3.63, 3.8) is 0 Å². The molecule has 4 aromatic rings. The van der Waals surface area contributed by atoms with Crippen LogP contribution in [0.5, 0.6) is 0 Å². The zero-order valence-corrected chi connectivity index (χ0v) is 20.6. The lowest BCUT2D eigenvalue weighted by Crippen LogP contribution is -2.42. The second kappa shape index (κ2) is 9.10. The van der Waals surface area contributed by atoms with Crippen molar-refractivity contribution in [2.45, 2.75) is 13.8 Å². The smallest absolute Gasteiger partial charge is 0.271 e. The summed E-state index contributed by atoms with van der Waals surface area (Å²) in [5, 5.41) is 9.60. The van der Waals surface area contributed by atoms with E-state index >= 15 is 0 Å². The molecule has 8 heteroatoms. The van der Waals surface area contributed by atoms with Crippen molar-refractivity contribution < 1.29 is 9.59 Å². The van der Waals surface area contributed by atoms with Crippen LogP contribution in [0.1, 0.15) is 19.7 Å². The number of benzene rings is 2. The summed E-state index contributed by atoms with van der Waals surface area (Å²) in [5.41, 5.74) is 5.40. The first kappa shape index (κ1) is 23.5. The maximum Gasteiger partial charge on any atom is 0.271 e. The number of imidazole rings is 1. The number of rotatable bonds is 4. The molecule has 1 aliphatic rings. The van der Waals surface area contributed by atoms with Crippen LogP contribution in [0, 0.1) is 17.9 Å². The van der Waals surface area contributed by atoms with Crippen LogP contribution < -0.4 is 0 Å². The van der Waals surface area contributed by atoms with E-state index in [0.717, 1.165) is 27.4 Å². The highest BCUT2D eigenvalue weighted by Crippen LogP contribution is 2.33. The fourth-order valence-electron chi connectivity index (χ4n) is 4.63. The van der Waals surface area contributed by atoms with Crippen molar-refractivity contribution in [2.24, 2.45) is 7.05 Å². The van der Waals surface area contributed by atoms with Gasteiger partial charge in [-0.25, -0.2) is 9.83 Å². The third-order valence-electron chi connectivity index (χ3n) is 6.59. The SMILES string of the molecule is [C-]#[N+]c1ccc(-c2cc3c(nc(/C=C4\C(=O)N(CC)C(=O)C(C#N)=C4C)n3-c3ccccc3)n2C)cc1. The molecule has 0 aliphatic carbocycles. The van der Waals surface area contributed by atoms with Crippen LogP contribution in [0.15, 0.2) is 77.4 Å². The average Bonchev–Trinajstić information content (AvgIpc) is 3.43. The van der Waals surface area contributed by atoms with Gasteiger partial charge in [0.15, 0.2) is 11.3 Å². The summed E-state index contributed by atoms with van der Waals surface area (Å²) in [6, 6.07) is 21.0. The molecule has 37 heavy (non-hydrogen) atoms. The van der Waals surface area contributed by atoms with E-state index in [0.29, 0.717) is 22.7 Å². The molecule has 0 saturated carbocycles. The van der Waals surface area contributed by atoms with Crippen molar-refractivity contribution in [3.8, 4) is 23.0 Å². The first-order valence-corrected chi connectivity index (χ1v) is 11.7. The van der Waals surface area contributed by atoms with E-state index in [1.165, 1.54) is 0 Å². The molecule has 0 spiro atoms. The fraction of sp³-hybridized carbons (Fsp3) is 0.138. The molecule has 0 fully saturated rings. The molecule has 8 nitrogen and oxygen atoms in total. The number of nitriles is 1. The second-order valence-corrected chi connectivity index (χ2v) is 8.62. The molecular weight excluding hydrogens is 464 g/mol. The van der Waals surface area contributed by atoms with Crippen molar-refractivity contribution in [1.82, 2.24) is 19.0 Å². The molecule has 0 unspecified atom stereocenters. The Morgan fingerprint density at radius 3 is 2.41 bits per heavy atom. The molecule has 1 aliphatic heterocycles. The molecule has 2 aromatic carbocycles. The first-order valence-electron chi connectivity index (χ1n) is 11.7. The molecule has 180 valence electrons. The van der Waals surface area contributed by atoms with Crippen LogP contribution in [0.2, 0.25) is 0 Å². The van der Waals surface area contributed by atoms with Crippen molar-refractivity contribution in [3.05, 3.63) is 94.6 Å². The average molecular weight is 487 g/mol. The highest BCUT2D eigenvalue weighted by Gasteiger charge is 2.35. The summed E-state index contributed by atoms with van der Waals surface area (Å²) in [4.78, 5) is 35.3. The Hall–Kier alpha value is -5.21. The van der Waals surface area contributed by atoms with Crippen molar-refractivity contribution in [1.29, 1.82) is 5.26 Å². The molecule has 0 N–H and O–H groups in total. The lowest BCUT2D eigenvalue weighted by Gasteiger charge is -2.26. The van der Waals surface area contributed by atoms with Gasteiger partial charge in [-0.15, -0.1) is 0 Å². The number of carbonyl (C=O) groups excluding carboxylic acids is 2. The zero-order valence-electron chi connectivity index (χ0n) is 20.6. The Balaban J connectivity index is 1.76. The maximum atomic E-state index is 13.2.